The first-order chi connectivity index (χ1) is 11.5. The fourth-order valence-electron chi connectivity index (χ4n) is 2.86. The number of nitrogens with two attached hydrogens (primary N) is 1. The summed E-state index contributed by atoms with van der Waals surface area (Å²) in [5.41, 5.74) is 6.02. The fourth-order valence-corrected chi connectivity index (χ4v) is 4.40. The van der Waals surface area contributed by atoms with E-state index in [-0.39, 0.29) is 53.9 Å². The topological polar surface area (TPSA) is 113 Å². The van der Waals surface area contributed by atoms with Gasteiger partial charge >= 0.3 is 0 Å². The Balaban J connectivity index is 0.00000338. The summed E-state index contributed by atoms with van der Waals surface area (Å²) in [6, 6.07) is 5.62. The van der Waals surface area contributed by atoms with Crippen LogP contribution in [0.1, 0.15) is 37.6 Å². The molecule has 0 spiro atoms. The first kappa shape index (κ1) is 22.9. The molecule has 7 nitrogen and oxygen atoms in total. The molecule has 2 atom stereocenters. The minimum Gasteiger partial charge on any atom is -0.396 e. The highest BCUT2D eigenvalue weighted by atomic mass is 35.5. The lowest BCUT2D eigenvalue weighted by Crippen LogP contribution is -2.40. The number of aliphatic hydroxyl groups is 1. The van der Waals surface area contributed by atoms with Crippen LogP contribution in [0, 0.1) is 5.92 Å². The predicted molar refractivity (Wildman–Crippen MR) is 103 cm³/mol. The maximum absolute atomic E-state index is 12.7. The number of benzene rings is 1. The van der Waals surface area contributed by atoms with Crippen molar-refractivity contribution in [2.45, 2.75) is 43.7 Å². The Morgan fingerprint density at radius 2 is 1.85 bits per heavy atom. The summed E-state index contributed by atoms with van der Waals surface area (Å²) in [7, 11) is -3.66. The molecule has 1 aromatic rings. The van der Waals surface area contributed by atoms with Crippen molar-refractivity contribution < 1.29 is 18.3 Å². The zero-order chi connectivity index (χ0) is 18.8. The van der Waals surface area contributed by atoms with Crippen LogP contribution < -0.4 is 11.1 Å². The van der Waals surface area contributed by atoms with Crippen molar-refractivity contribution >= 4 is 28.3 Å². The summed E-state index contributed by atoms with van der Waals surface area (Å²) < 4.78 is 26.8. The second-order valence-electron chi connectivity index (χ2n) is 7.49. The number of carbonyl (C=O) groups excluding carboxylic acids is 1. The standard InChI is InChI=1S/C17H27N3O4S.ClH/c1-17(2,3)19-16(22)12-4-6-14(7-5-12)25(23,24)20-10-13(8-9-21)15(18)11-20;/h4-7,13,15,21H,8-11,18H2,1-3H3,(H,19,22);1H/t13-,15-;/m0./s1. The lowest BCUT2D eigenvalue weighted by Gasteiger charge is -2.20. The number of halogens is 1. The molecular formula is C17H28ClN3O4S. The molecule has 148 valence electrons. The first-order valence-electron chi connectivity index (χ1n) is 8.34. The largest absolute Gasteiger partial charge is 0.396 e. The Bertz CT molecular complexity index is 717. The Labute approximate surface area is 161 Å². The molecule has 0 unspecified atom stereocenters. The van der Waals surface area contributed by atoms with Gasteiger partial charge in [-0.2, -0.15) is 4.31 Å². The SMILES string of the molecule is CC(C)(C)NC(=O)c1ccc(S(=O)(=O)N2C[C@H](CCO)[C@@H](N)C2)cc1.Cl. The van der Waals surface area contributed by atoms with E-state index >= 15 is 0 Å². The lowest BCUT2D eigenvalue weighted by atomic mass is 10.0. The molecule has 2 rings (SSSR count). The van der Waals surface area contributed by atoms with E-state index in [1.165, 1.54) is 28.6 Å². The Hall–Kier alpha value is -1.19. The van der Waals surface area contributed by atoms with Crippen LogP contribution in [-0.4, -0.2) is 55.0 Å². The maximum Gasteiger partial charge on any atom is 0.251 e. The van der Waals surface area contributed by atoms with Crippen LogP contribution >= 0.6 is 12.4 Å². The van der Waals surface area contributed by atoms with Crippen molar-refractivity contribution in [2.24, 2.45) is 11.7 Å². The molecule has 1 saturated heterocycles. The van der Waals surface area contributed by atoms with E-state index in [4.69, 9.17) is 10.8 Å². The third kappa shape index (κ3) is 5.40. The van der Waals surface area contributed by atoms with Crippen LogP contribution in [0.2, 0.25) is 0 Å². The van der Waals surface area contributed by atoms with E-state index in [2.05, 4.69) is 5.32 Å². The summed E-state index contributed by atoms with van der Waals surface area (Å²) in [5.74, 6) is -0.292. The third-order valence-electron chi connectivity index (χ3n) is 4.20. The molecule has 9 heteroatoms. The monoisotopic (exact) mass is 405 g/mol. The first-order valence-corrected chi connectivity index (χ1v) is 9.78. The molecule has 0 bridgehead atoms. The molecule has 0 aliphatic carbocycles. The Morgan fingerprint density at radius 3 is 2.35 bits per heavy atom. The van der Waals surface area contributed by atoms with E-state index in [0.717, 1.165) is 0 Å². The average molecular weight is 406 g/mol. The van der Waals surface area contributed by atoms with E-state index in [0.29, 0.717) is 18.5 Å². The molecule has 1 amide bonds. The second kappa shape index (κ2) is 8.67. The highest BCUT2D eigenvalue weighted by Gasteiger charge is 2.37. The normalized spacial score (nSPS) is 21.3. The molecule has 26 heavy (non-hydrogen) atoms. The lowest BCUT2D eigenvalue weighted by molar-refractivity contribution is 0.0919. The summed E-state index contributed by atoms with van der Waals surface area (Å²) in [6.07, 6.45) is 0.485. The van der Waals surface area contributed by atoms with Crippen LogP contribution in [0.5, 0.6) is 0 Å². The number of nitrogens with zero attached hydrogens (tertiary/aromatic N) is 1. The number of sulfonamides is 1. The number of nitrogens with one attached hydrogen (secondary N) is 1. The van der Waals surface area contributed by atoms with Gasteiger partial charge in [-0.05, 0) is 57.4 Å². The molecule has 4 N–H and O–H groups in total. The van der Waals surface area contributed by atoms with Gasteiger partial charge in [-0.3, -0.25) is 4.79 Å². The molecule has 1 aliphatic heterocycles. The van der Waals surface area contributed by atoms with Crippen LogP contribution in [0.3, 0.4) is 0 Å². The summed E-state index contributed by atoms with van der Waals surface area (Å²) in [6.45, 7) is 6.16. The zero-order valence-electron chi connectivity index (χ0n) is 15.3. The summed E-state index contributed by atoms with van der Waals surface area (Å²) in [5, 5.41) is 11.9. The molecule has 1 aromatic carbocycles. The van der Waals surface area contributed by atoms with Crippen molar-refractivity contribution in [3.8, 4) is 0 Å². The molecule has 0 radical (unpaired) electrons. The van der Waals surface area contributed by atoms with Crippen molar-refractivity contribution in [2.75, 3.05) is 19.7 Å². The van der Waals surface area contributed by atoms with Crippen LogP contribution in [0.25, 0.3) is 0 Å². The van der Waals surface area contributed by atoms with Gasteiger partial charge in [-0.1, -0.05) is 0 Å². The number of rotatable bonds is 5. The van der Waals surface area contributed by atoms with Crippen molar-refractivity contribution in [3.63, 3.8) is 0 Å². The minimum atomic E-state index is -3.66. The Kier molecular flexibility index (Phi) is 7.62. The van der Waals surface area contributed by atoms with Gasteiger partial charge in [0.05, 0.1) is 4.90 Å². The maximum atomic E-state index is 12.7. The Morgan fingerprint density at radius 1 is 1.27 bits per heavy atom. The molecule has 0 aromatic heterocycles. The van der Waals surface area contributed by atoms with Gasteiger partial charge in [-0.15, -0.1) is 12.4 Å². The van der Waals surface area contributed by atoms with Gasteiger partial charge in [0.1, 0.15) is 0 Å². The van der Waals surface area contributed by atoms with Crippen molar-refractivity contribution in [1.29, 1.82) is 0 Å². The number of carbonyl (C=O) groups is 1. The number of hydrogen-bond donors (Lipinski definition) is 3. The van der Waals surface area contributed by atoms with E-state index < -0.39 is 10.0 Å². The van der Waals surface area contributed by atoms with E-state index in [9.17, 15) is 13.2 Å². The highest BCUT2D eigenvalue weighted by molar-refractivity contribution is 7.89. The smallest absolute Gasteiger partial charge is 0.251 e. The van der Waals surface area contributed by atoms with Crippen LogP contribution in [0.4, 0.5) is 0 Å². The third-order valence-corrected chi connectivity index (χ3v) is 6.05. The minimum absolute atomic E-state index is 0. The van der Waals surface area contributed by atoms with Crippen molar-refractivity contribution in [3.05, 3.63) is 29.8 Å². The van der Waals surface area contributed by atoms with Crippen LogP contribution in [0.15, 0.2) is 29.2 Å². The zero-order valence-corrected chi connectivity index (χ0v) is 16.9. The predicted octanol–water partition coefficient (Wildman–Crippen LogP) is 0.967. The summed E-state index contributed by atoms with van der Waals surface area (Å²) in [4.78, 5) is 12.3. The summed E-state index contributed by atoms with van der Waals surface area (Å²) >= 11 is 0. The van der Waals surface area contributed by atoms with Gasteiger partial charge in [0.15, 0.2) is 0 Å². The van der Waals surface area contributed by atoms with Gasteiger partial charge < -0.3 is 16.2 Å². The van der Waals surface area contributed by atoms with E-state index in [1.54, 1.807) is 0 Å². The average Bonchev–Trinajstić information content (AvgIpc) is 2.88. The van der Waals surface area contributed by atoms with Gasteiger partial charge in [-0.25, -0.2) is 8.42 Å². The molecule has 0 saturated carbocycles. The number of aliphatic hydroxyl groups excluding tert-OH is 1. The van der Waals surface area contributed by atoms with Gasteiger partial charge in [0.2, 0.25) is 10.0 Å². The van der Waals surface area contributed by atoms with Crippen LogP contribution in [-0.2, 0) is 10.0 Å². The number of amides is 1. The quantitative estimate of drug-likeness (QED) is 0.675. The van der Waals surface area contributed by atoms with Crippen molar-refractivity contribution in [1.82, 2.24) is 9.62 Å². The number of hydrogen-bond acceptors (Lipinski definition) is 5. The van der Waals surface area contributed by atoms with Gasteiger partial charge in [0.25, 0.3) is 5.91 Å². The molecular weight excluding hydrogens is 378 g/mol. The van der Waals surface area contributed by atoms with E-state index in [1.807, 2.05) is 20.8 Å². The molecule has 1 heterocycles. The highest BCUT2D eigenvalue weighted by Crippen LogP contribution is 2.25. The molecule has 1 fully saturated rings. The molecule has 1 aliphatic rings. The van der Waals surface area contributed by atoms with Gasteiger partial charge in [0, 0.05) is 36.8 Å². The fraction of sp³-hybridized carbons (Fsp3) is 0.588. The second-order valence-corrected chi connectivity index (χ2v) is 9.42.